The number of morpholine rings is 1. The van der Waals surface area contributed by atoms with Crippen LogP contribution in [-0.2, 0) is 4.74 Å². The van der Waals surface area contributed by atoms with Gasteiger partial charge in [0.15, 0.2) is 5.88 Å². The molecule has 7 heteroatoms. The summed E-state index contributed by atoms with van der Waals surface area (Å²) in [5.74, 6) is 1.04. The quantitative estimate of drug-likeness (QED) is 0.689. The van der Waals surface area contributed by atoms with E-state index in [9.17, 15) is 4.79 Å². The van der Waals surface area contributed by atoms with E-state index in [0.29, 0.717) is 29.6 Å². The van der Waals surface area contributed by atoms with Crippen LogP contribution in [0.4, 0.5) is 5.88 Å². The largest absolute Gasteiger partial charge is 0.440 e. The first kappa shape index (κ1) is 15.6. The van der Waals surface area contributed by atoms with E-state index in [1.165, 1.54) is 6.21 Å². The molecule has 0 radical (unpaired) electrons. The van der Waals surface area contributed by atoms with Crippen LogP contribution in [0.1, 0.15) is 16.1 Å². The predicted octanol–water partition coefficient (Wildman–Crippen LogP) is 2.53. The first-order valence-corrected chi connectivity index (χ1v) is 7.62. The van der Waals surface area contributed by atoms with Crippen molar-refractivity contribution in [3.05, 3.63) is 52.7 Å². The van der Waals surface area contributed by atoms with Crippen molar-refractivity contribution < 1.29 is 13.9 Å². The lowest BCUT2D eigenvalue weighted by Gasteiger charge is -2.26. The molecule has 0 bridgehead atoms. The third-order valence-electron chi connectivity index (χ3n) is 3.40. The summed E-state index contributed by atoms with van der Waals surface area (Å²) >= 11 is 5.78. The topological polar surface area (TPSA) is 67.1 Å². The number of halogens is 1. The molecule has 3 rings (SSSR count). The molecule has 2 heterocycles. The molecule has 1 aromatic carbocycles. The molecule has 6 nitrogen and oxygen atoms in total. The molecule has 120 valence electrons. The van der Waals surface area contributed by atoms with Crippen molar-refractivity contribution in [2.45, 2.75) is 0 Å². The number of hydrazone groups is 1. The van der Waals surface area contributed by atoms with E-state index < -0.39 is 0 Å². The Morgan fingerprint density at radius 2 is 1.91 bits per heavy atom. The fourth-order valence-corrected chi connectivity index (χ4v) is 2.31. The second-order valence-electron chi connectivity index (χ2n) is 4.98. The Hall–Kier alpha value is -2.31. The number of hydrogen-bond donors (Lipinski definition) is 1. The summed E-state index contributed by atoms with van der Waals surface area (Å²) in [7, 11) is 0. The number of nitrogens with one attached hydrogen (secondary N) is 1. The van der Waals surface area contributed by atoms with E-state index >= 15 is 0 Å². The summed E-state index contributed by atoms with van der Waals surface area (Å²) in [4.78, 5) is 14.0. The second-order valence-corrected chi connectivity index (χ2v) is 5.42. The number of benzene rings is 1. The molecular formula is C16H16ClN3O3. The molecular weight excluding hydrogens is 318 g/mol. The number of furan rings is 1. The average Bonchev–Trinajstić information content (AvgIpc) is 3.05. The molecule has 0 spiro atoms. The number of anilines is 1. The van der Waals surface area contributed by atoms with Gasteiger partial charge in [0.05, 0.1) is 19.4 Å². The molecule has 2 aromatic rings. The molecule has 1 saturated heterocycles. The summed E-state index contributed by atoms with van der Waals surface area (Å²) in [6.07, 6.45) is 1.47. The minimum absolute atomic E-state index is 0.308. The average molecular weight is 334 g/mol. The maximum absolute atomic E-state index is 11.9. The van der Waals surface area contributed by atoms with Crippen LogP contribution in [-0.4, -0.2) is 38.4 Å². The number of hydrogen-bond acceptors (Lipinski definition) is 5. The SMILES string of the molecule is O=C(N/N=C\c1ccc(N2CCOCC2)o1)c1ccc(Cl)cc1. The van der Waals surface area contributed by atoms with Gasteiger partial charge in [-0.1, -0.05) is 11.6 Å². The minimum atomic E-state index is -0.308. The van der Waals surface area contributed by atoms with Crippen LogP contribution in [0, 0.1) is 0 Å². The normalized spacial score (nSPS) is 15.1. The third-order valence-corrected chi connectivity index (χ3v) is 3.65. The summed E-state index contributed by atoms with van der Waals surface area (Å²) in [6.45, 7) is 3.00. The zero-order chi connectivity index (χ0) is 16.1. The minimum Gasteiger partial charge on any atom is -0.440 e. The van der Waals surface area contributed by atoms with Gasteiger partial charge in [-0.15, -0.1) is 0 Å². The lowest BCUT2D eigenvalue weighted by atomic mass is 10.2. The Morgan fingerprint density at radius 3 is 2.65 bits per heavy atom. The maximum atomic E-state index is 11.9. The number of ether oxygens (including phenoxy) is 1. The van der Waals surface area contributed by atoms with E-state index in [1.54, 1.807) is 24.3 Å². The number of amides is 1. The Labute approximate surface area is 138 Å². The number of carbonyl (C=O) groups excluding carboxylic acids is 1. The monoisotopic (exact) mass is 333 g/mol. The molecule has 1 aromatic heterocycles. The van der Waals surface area contributed by atoms with Gasteiger partial charge in [-0.25, -0.2) is 5.43 Å². The fraction of sp³-hybridized carbons (Fsp3) is 0.250. The third kappa shape index (κ3) is 4.12. The van der Waals surface area contributed by atoms with E-state index in [-0.39, 0.29) is 5.91 Å². The highest BCUT2D eigenvalue weighted by Gasteiger charge is 2.14. The summed E-state index contributed by atoms with van der Waals surface area (Å²) < 4.78 is 11.0. The molecule has 1 amide bonds. The van der Waals surface area contributed by atoms with Gasteiger partial charge < -0.3 is 14.1 Å². The van der Waals surface area contributed by atoms with Crippen molar-refractivity contribution in [3.63, 3.8) is 0 Å². The van der Waals surface area contributed by atoms with E-state index in [1.807, 2.05) is 12.1 Å². The lowest BCUT2D eigenvalue weighted by Crippen LogP contribution is -2.35. The Morgan fingerprint density at radius 1 is 1.17 bits per heavy atom. The van der Waals surface area contributed by atoms with Crippen molar-refractivity contribution >= 4 is 29.6 Å². The van der Waals surface area contributed by atoms with E-state index in [4.69, 9.17) is 20.8 Å². The van der Waals surface area contributed by atoms with Crippen LogP contribution >= 0.6 is 11.6 Å². The highest BCUT2D eigenvalue weighted by Crippen LogP contribution is 2.18. The van der Waals surface area contributed by atoms with E-state index in [0.717, 1.165) is 19.0 Å². The van der Waals surface area contributed by atoms with Crippen molar-refractivity contribution in [2.75, 3.05) is 31.2 Å². The van der Waals surface area contributed by atoms with Gasteiger partial charge in [-0.3, -0.25) is 4.79 Å². The zero-order valence-corrected chi connectivity index (χ0v) is 13.1. The Kier molecular flexibility index (Phi) is 4.95. The summed E-state index contributed by atoms with van der Waals surface area (Å²) in [5, 5.41) is 4.48. The Balaban J connectivity index is 1.56. The number of rotatable bonds is 4. The molecule has 1 fully saturated rings. The second kappa shape index (κ2) is 7.30. The smallest absolute Gasteiger partial charge is 0.271 e. The van der Waals surface area contributed by atoms with Crippen molar-refractivity contribution in [3.8, 4) is 0 Å². The van der Waals surface area contributed by atoms with Crippen molar-refractivity contribution in [1.29, 1.82) is 0 Å². The van der Waals surface area contributed by atoms with Crippen LogP contribution in [0.3, 0.4) is 0 Å². The number of nitrogens with zero attached hydrogens (tertiary/aromatic N) is 2. The highest BCUT2D eigenvalue weighted by atomic mass is 35.5. The van der Waals surface area contributed by atoms with Crippen LogP contribution in [0.2, 0.25) is 5.02 Å². The Bertz CT molecular complexity index is 691. The van der Waals surface area contributed by atoms with Crippen LogP contribution < -0.4 is 10.3 Å². The van der Waals surface area contributed by atoms with Gasteiger partial charge in [-0.2, -0.15) is 5.10 Å². The number of carbonyl (C=O) groups is 1. The highest BCUT2D eigenvalue weighted by molar-refractivity contribution is 6.30. The molecule has 0 saturated carbocycles. The first-order chi connectivity index (χ1) is 11.2. The standard InChI is InChI=1S/C16H16ClN3O3/c17-13-3-1-12(2-4-13)16(21)19-18-11-14-5-6-15(23-14)20-7-9-22-10-8-20/h1-6,11H,7-10H2,(H,19,21)/b18-11-. The first-order valence-electron chi connectivity index (χ1n) is 7.24. The summed E-state index contributed by atoms with van der Waals surface area (Å²) in [6, 6.07) is 10.3. The zero-order valence-electron chi connectivity index (χ0n) is 12.4. The van der Waals surface area contributed by atoms with Gasteiger partial charge in [0.1, 0.15) is 5.76 Å². The van der Waals surface area contributed by atoms with Crippen LogP contribution in [0.25, 0.3) is 0 Å². The van der Waals surface area contributed by atoms with Gasteiger partial charge in [0, 0.05) is 29.7 Å². The molecule has 0 unspecified atom stereocenters. The van der Waals surface area contributed by atoms with E-state index in [2.05, 4.69) is 15.4 Å². The molecule has 0 atom stereocenters. The molecule has 1 aliphatic rings. The van der Waals surface area contributed by atoms with Crippen LogP contribution in [0.15, 0.2) is 45.9 Å². The molecule has 23 heavy (non-hydrogen) atoms. The summed E-state index contributed by atoms with van der Waals surface area (Å²) in [5.41, 5.74) is 2.94. The van der Waals surface area contributed by atoms with Crippen LogP contribution in [0.5, 0.6) is 0 Å². The molecule has 0 aliphatic carbocycles. The van der Waals surface area contributed by atoms with Gasteiger partial charge in [0.25, 0.3) is 5.91 Å². The maximum Gasteiger partial charge on any atom is 0.271 e. The fourth-order valence-electron chi connectivity index (χ4n) is 2.19. The lowest BCUT2D eigenvalue weighted by molar-refractivity contribution is 0.0955. The predicted molar refractivity (Wildman–Crippen MR) is 88.3 cm³/mol. The van der Waals surface area contributed by atoms with Crippen molar-refractivity contribution in [1.82, 2.24) is 5.43 Å². The molecule has 1 N–H and O–H groups in total. The van der Waals surface area contributed by atoms with Crippen molar-refractivity contribution in [2.24, 2.45) is 5.10 Å². The van der Waals surface area contributed by atoms with Gasteiger partial charge in [0.2, 0.25) is 0 Å². The van der Waals surface area contributed by atoms with Gasteiger partial charge in [-0.05, 0) is 30.3 Å². The molecule has 1 aliphatic heterocycles. The van der Waals surface area contributed by atoms with Gasteiger partial charge >= 0.3 is 0 Å².